The zero-order valence-corrected chi connectivity index (χ0v) is 22.7. The van der Waals surface area contributed by atoms with E-state index in [1.54, 1.807) is 18.2 Å². The first-order valence-corrected chi connectivity index (χ1v) is 12.8. The number of anilines is 2. The van der Waals surface area contributed by atoms with Crippen molar-refractivity contribution in [1.82, 2.24) is 15.3 Å². The number of aliphatic carboxylic acids is 1. The van der Waals surface area contributed by atoms with Gasteiger partial charge in [-0.1, -0.05) is 35.3 Å². The maximum atomic E-state index is 12.5. The molecule has 3 aromatic rings. The van der Waals surface area contributed by atoms with Crippen molar-refractivity contribution in [3.05, 3.63) is 58.1 Å². The molecule has 1 amide bonds. The van der Waals surface area contributed by atoms with Crippen LogP contribution in [-0.2, 0) is 4.79 Å². The Kier molecular flexibility index (Phi) is 10.2. The molecule has 2 aromatic carbocycles. The minimum Gasteiger partial charge on any atom is -0.475 e. The summed E-state index contributed by atoms with van der Waals surface area (Å²) in [5, 5.41) is 15.6. The Bertz CT molecular complexity index is 1300. The molecule has 0 unspecified atom stereocenters. The number of amides is 1. The van der Waals surface area contributed by atoms with Crippen molar-refractivity contribution in [3.8, 4) is 0 Å². The first-order chi connectivity index (χ1) is 18.3. The summed E-state index contributed by atoms with van der Waals surface area (Å²) in [7, 11) is 3.98. The van der Waals surface area contributed by atoms with Gasteiger partial charge >= 0.3 is 12.1 Å². The number of hydrogen-bond acceptors (Lipinski definition) is 6. The van der Waals surface area contributed by atoms with Gasteiger partial charge in [-0.2, -0.15) is 18.2 Å². The highest BCUT2D eigenvalue weighted by Crippen LogP contribution is 2.27. The molecule has 3 N–H and O–H groups in total. The highest BCUT2D eigenvalue weighted by molar-refractivity contribution is 6.35. The predicted molar refractivity (Wildman–Crippen MR) is 146 cm³/mol. The van der Waals surface area contributed by atoms with E-state index in [1.165, 1.54) is 0 Å². The molecule has 1 saturated carbocycles. The molecule has 0 radical (unpaired) electrons. The second-order valence-corrected chi connectivity index (χ2v) is 10.2. The van der Waals surface area contributed by atoms with Crippen LogP contribution in [0.3, 0.4) is 0 Å². The second-order valence-electron chi connectivity index (χ2n) is 9.32. The van der Waals surface area contributed by atoms with Gasteiger partial charge in [-0.25, -0.2) is 9.78 Å². The van der Waals surface area contributed by atoms with Gasteiger partial charge in [0.15, 0.2) is 0 Å². The van der Waals surface area contributed by atoms with E-state index in [0.29, 0.717) is 27.5 Å². The number of benzene rings is 2. The third-order valence-corrected chi connectivity index (χ3v) is 6.54. The van der Waals surface area contributed by atoms with Crippen LogP contribution in [-0.4, -0.2) is 59.8 Å². The Labute approximate surface area is 233 Å². The van der Waals surface area contributed by atoms with Crippen LogP contribution in [0.25, 0.3) is 10.9 Å². The van der Waals surface area contributed by atoms with Gasteiger partial charge in [0, 0.05) is 47.7 Å². The van der Waals surface area contributed by atoms with Crippen molar-refractivity contribution in [1.29, 1.82) is 0 Å². The molecule has 13 heteroatoms. The summed E-state index contributed by atoms with van der Waals surface area (Å²) in [6.45, 7) is 0.815. The lowest BCUT2D eigenvalue weighted by atomic mass is 9.86. The lowest BCUT2D eigenvalue weighted by Gasteiger charge is -2.29. The Hall–Kier alpha value is -3.31. The minimum atomic E-state index is -5.08. The average Bonchev–Trinajstić information content (AvgIpc) is 2.87. The largest absolute Gasteiger partial charge is 0.490 e. The smallest absolute Gasteiger partial charge is 0.475 e. The summed E-state index contributed by atoms with van der Waals surface area (Å²) in [4.78, 5) is 32.8. The third-order valence-electron chi connectivity index (χ3n) is 6.10. The van der Waals surface area contributed by atoms with Gasteiger partial charge in [0.1, 0.15) is 5.82 Å². The van der Waals surface area contributed by atoms with E-state index in [0.717, 1.165) is 48.9 Å². The SMILES string of the molecule is CN(C)c1nc(NCC2CCC(NC(=O)c3cc(Cl)cc(Cl)c3)CC2)nc2ccccc12.O=C(O)C(F)(F)F. The van der Waals surface area contributed by atoms with Crippen LogP contribution in [0.2, 0.25) is 10.0 Å². The van der Waals surface area contributed by atoms with Crippen molar-refractivity contribution in [2.45, 2.75) is 37.9 Å². The van der Waals surface area contributed by atoms with Crippen LogP contribution in [0, 0.1) is 5.92 Å². The fraction of sp³-hybridized carbons (Fsp3) is 0.385. The van der Waals surface area contributed by atoms with E-state index >= 15 is 0 Å². The molecule has 1 heterocycles. The minimum absolute atomic E-state index is 0.128. The van der Waals surface area contributed by atoms with Gasteiger partial charge in [-0.3, -0.25) is 4.79 Å². The first-order valence-electron chi connectivity index (χ1n) is 12.1. The zero-order valence-electron chi connectivity index (χ0n) is 21.2. The monoisotopic (exact) mass is 585 g/mol. The lowest BCUT2D eigenvalue weighted by Crippen LogP contribution is -2.38. The number of halogens is 5. The van der Waals surface area contributed by atoms with Gasteiger partial charge in [0.2, 0.25) is 5.95 Å². The number of carbonyl (C=O) groups excluding carboxylic acids is 1. The number of nitrogens with zero attached hydrogens (tertiary/aromatic N) is 3. The van der Waals surface area contributed by atoms with Gasteiger partial charge in [0.25, 0.3) is 5.91 Å². The Morgan fingerprint density at radius 2 is 1.62 bits per heavy atom. The van der Waals surface area contributed by atoms with Crippen molar-refractivity contribution in [2.75, 3.05) is 30.9 Å². The molecule has 4 rings (SSSR count). The molecule has 210 valence electrons. The molecule has 1 fully saturated rings. The quantitative estimate of drug-likeness (QED) is 0.324. The highest BCUT2D eigenvalue weighted by Gasteiger charge is 2.38. The first kappa shape index (κ1) is 30.2. The maximum absolute atomic E-state index is 12.5. The highest BCUT2D eigenvalue weighted by atomic mass is 35.5. The molecule has 0 bridgehead atoms. The average molecular weight is 586 g/mol. The molecule has 0 spiro atoms. The molecule has 0 saturated heterocycles. The number of carbonyl (C=O) groups is 2. The Morgan fingerprint density at radius 1 is 1.03 bits per heavy atom. The zero-order chi connectivity index (χ0) is 28.7. The summed E-state index contributed by atoms with van der Waals surface area (Å²) in [5.74, 6) is -0.808. The number of para-hydroxylation sites is 1. The van der Waals surface area contributed by atoms with E-state index < -0.39 is 12.1 Å². The number of aromatic nitrogens is 2. The summed E-state index contributed by atoms with van der Waals surface area (Å²) < 4.78 is 31.7. The van der Waals surface area contributed by atoms with Crippen molar-refractivity contribution >= 4 is 57.7 Å². The van der Waals surface area contributed by atoms with E-state index in [1.807, 2.05) is 43.3 Å². The molecular formula is C26H28Cl2F3N5O3. The van der Waals surface area contributed by atoms with Crippen molar-refractivity contribution < 1.29 is 27.9 Å². The molecule has 39 heavy (non-hydrogen) atoms. The van der Waals surface area contributed by atoms with E-state index in [2.05, 4.69) is 15.6 Å². The second kappa shape index (κ2) is 13.2. The van der Waals surface area contributed by atoms with Crippen LogP contribution in [0.1, 0.15) is 36.0 Å². The number of carboxylic acids is 1. The van der Waals surface area contributed by atoms with Crippen LogP contribution in [0.5, 0.6) is 0 Å². The molecule has 0 atom stereocenters. The molecule has 0 aliphatic heterocycles. The van der Waals surface area contributed by atoms with Crippen LogP contribution < -0.4 is 15.5 Å². The Balaban J connectivity index is 0.000000532. The van der Waals surface area contributed by atoms with E-state index in [9.17, 15) is 18.0 Å². The molecule has 8 nitrogen and oxygen atoms in total. The normalized spacial score (nSPS) is 17.1. The van der Waals surface area contributed by atoms with Gasteiger partial charge < -0.3 is 20.6 Å². The number of rotatable bonds is 6. The molecule has 1 aliphatic carbocycles. The van der Waals surface area contributed by atoms with Gasteiger partial charge in [-0.05, 0) is 61.9 Å². The van der Waals surface area contributed by atoms with E-state index in [4.69, 9.17) is 38.1 Å². The number of fused-ring (bicyclic) bond motifs is 1. The van der Waals surface area contributed by atoms with E-state index in [-0.39, 0.29) is 11.9 Å². The van der Waals surface area contributed by atoms with Gasteiger partial charge in [-0.15, -0.1) is 0 Å². The van der Waals surface area contributed by atoms with Crippen LogP contribution >= 0.6 is 23.2 Å². The topological polar surface area (TPSA) is 107 Å². The molecule has 1 aromatic heterocycles. The fourth-order valence-corrected chi connectivity index (χ4v) is 4.71. The number of nitrogens with one attached hydrogen (secondary N) is 2. The summed E-state index contributed by atoms with van der Waals surface area (Å²) in [5.41, 5.74) is 1.43. The Morgan fingerprint density at radius 3 is 2.18 bits per heavy atom. The maximum Gasteiger partial charge on any atom is 0.490 e. The van der Waals surface area contributed by atoms with Crippen molar-refractivity contribution in [2.24, 2.45) is 5.92 Å². The summed E-state index contributed by atoms with van der Waals surface area (Å²) >= 11 is 12.0. The summed E-state index contributed by atoms with van der Waals surface area (Å²) in [6.07, 6.45) is -1.15. The summed E-state index contributed by atoms with van der Waals surface area (Å²) in [6, 6.07) is 13.1. The number of alkyl halides is 3. The number of carboxylic acid groups (broad SMARTS) is 1. The molecule has 1 aliphatic rings. The lowest BCUT2D eigenvalue weighted by molar-refractivity contribution is -0.192. The fourth-order valence-electron chi connectivity index (χ4n) is 4.18. The van der Waals surface area contributed by atoms with Crippen LogP contribution in [0.15, 0.2) is 42.5 Å². The standard InChI is InChI=1S/C24H27Cl2N5O.C2HF3O2/c1-31(2)22-20-5-3-4-6-21(20)29-24(30-22)27-14-15-7-9-19(10-8-15)28-23(32)16-11-17(25)13-18(26)12-16;3-2(4,5)1(6)7/h3-6,11-13,15,19H,7-10,14H2,1-2H3,(H,28,32)(H,27,29,30);(H,6,7). The van der Waals surface area contributed by atoms with Crippen molar-refractivity contribution in [3.63, 3.8) is 0 Å². The van der Waals surface area contributed by atoms with Gasteiger partial charge in [0.05, 0.1) is 5.52 Å². The van der Waals surface area contributed by atoms with Crippen LogP contribution in [0.4, 0.5) is 24.9 Å². The predicted octanol–water partition coefficient (Wildman–Crippen LogP) is 6.04. The molecular weight excluding hydrogens is 558 g/mol. The third kappa shape index (κ3) is 8.86. The number of hydrogen-bond donors (Lipinski definition) is 3.